The molecular formula is C20H36N4O2. The Labute approximate surface area is 159 Å². The summed E-state index contributed by atoms with van der Waals surface area (Å²) >= 11 is 0. The van der Waals surface area contributed by atoms with Crippen molar-refractivity contribution < 1.29 is 9.47 Å². The fourth-order valence-electron chi connectivity index (χ4n) is 2.65. The molecule has 0 amide bonds. The predicted molar refractivity (Wildman–Crippen MR) is 109 cm³/mol. The van der Waals surface area contributed by atoms with Gasteiger partial charge in [-0.05, 0) is 51.9 Å². The highest BCUT2D eigenvalue weighted by Crippen LogP contribution is 2.19. The van der Waals surface area contributed by atoms with Gasteiger partial charge in [0.2, 0.25) is 0 Å². The molecule has 0 heterocycles. The van der Waals surface area contributed by atoms with E-state index < -0.39 is 0 Å². The summed E-state index contributed by atoms with van der Waals surface area (Å²) in [5.74, 6) is 1.82. The molecule has 0 aliphatic rings. The van der Waals surface area contributed by atoms with E-state index in [-0.39, 0.29) is 0 Å². The van der Waals surface area contributed by atoms with Crippen LogP contribution in [0.2, 0.25) is 0 Å². The van der Waals surface area contributed by atoms with Crippen molar-refractivity contribution in [1.82, 2.24) is 15.5 Å². The number of rotatable bonds is 12. The van der Waals surface area contributed by atoms with Gasteiger partial charge in [0.25, 0.3) is 0 Å². The van der Waals surface area contributed by atoms with Gasteiger partial charge in [-0.3, -0.25) is 4.99 Å². The number of aryl methyl sites for hydroxylation is 1. The normalized spacial score (nSPS) is 11.7. The van der Waals surface area contributed by atoms with Gasteiger partial charge in [0.15, 0.2) is 5.96 Å². The lowest BCUT2D eigenvalue weighted by molar-refractivity contribution is 0.161. The van der Waals surface area contributed by atoms with Crippen LogP contribution in [0.4, 0.5) is 0 Å². The minimum Gasteiger partial charge on any atom is -0.496 e. The van der Waals surface area contributed by atoms with Gasteiger partial charge in [-0.15, -0.1) is 0 Å². The first-order chi connectivity index (χ1) is 12.6. The van der Waals surface area contributed by atoms with E-state index in [9.17, 15) is 0 Å². The smallest absolute Gasteiger partial charge is 0.191 e. The van der Waals surface area contributed by atoms with Gasteiger partial charge < -0.3 is 25.0 Å². The molecule has 0 aliphatic heterocycles. The van der Waals surface area contributed by atoms with E-state index in [4.69, 9.17) is 9.47 Å². The van der Waals surface area contributed by atoms with E-state index in [0.29, 0.717) is 0 Å². The Morgan fingerprint density at radius 1 is 1.19 bits per heavy atom. The maximum Gasteiger partial charge on any atom is 0.191 e. The minimum atomic E-state index is 0.770. The van der Waals surface area contributed by atoms with Crippen LogP contribution in [-0.4, -0.2) is 71.5 Å². The van der Waals surface area contributed by atoms with Gasteiger partial charge in [-0.2, -0.15) is 0 Å². The predicted octanol–water partition coefficient (Wildman–Crippen LogP) is 2.07. The summed E-state index contributed by atoms with van der Waals surface area (Å²) < 4.78 is 10.5. The van der Waals surface area contributed by atoms with E-state index in [1.165, 1.54) is 11.1 Å². The van der Waals surface area contributed by atoms with Crippen LogP contribution in [0.15, 0.2) is 23.2 Å². The minimum absolute atomic E-state index is 0.770. The largest absolute Gasteiger partial charge is 0.496 e. The van der Waals surface area contributed by atoms with Crippen molar-refractivity contribution >= 4 is 5.96 Å². The van der Waals surface area contributed by atoms with Crippen molar-refractivity contribution in [1.29, 1.82) is 0 Å². The van der Waals surface area contributed by atoms with Crippen molar-refractivity contribution in [2.75, 3.05) is 60.6 Å². The van der Waals surface area contributed by atoms with Gasteiger partial charge in [0.1, 0.15) is 5.75 Å². The molecule has 0 aliphatic carbocycles. The third kappa shape index (κ3) is 9.06. The lowest BCUT2D eigenvalue weighted by atomic mass is 10.1. The lowest BCUT2D eigenvalue weighted by Crippen LogP contribution is -2.38. The number of methoxy groups -OCH3 is 2. The van der Waals surface area contributed by atoms with Gasteiger partial charge in [0, 0.05) is 33.3 Å². The Hall–Kier alpha value is -1.79. The monoisotopic (exact) mass is 364 g/mol. The number of hydrogen-bond donors (Lipinski definition) is 2. The van der Waals surface area contributed by atoms with Crippen molar-refractivity contribution in [2.45, 2.75) is 26.7 Å². The molecule has 1 aromatic carbocycles. The number of aliphatic imine (C=N–C) groups is 1. The fourth-order valence-corrected chi connectivity index (χ4v) is 2.65. The molecule has 0 radical (unpaired) electrons. The zero-order chi connectivity index (χ0) is 19.2. The molecule has 6 heteroatoms. The first-order valence-corrected chi connectivity index (χ1v) is 9.43. The average molecular weight is 365 g/mol. The molecular weight excluding hydrogens is 328 g/mol. The molecule has 0 aromatic heterocycles. The third-order valence-corrected chi connectivity index (χ3v) is 4.11. The lowest BCUT2D eigenvalue weighted by Gasteiger charge is -2.16. The molecule has 0 saturated carbocycles. The summed E-state index contributed by atoms with van der Waals surface area (Å²) in [7, 11) is 5.57. The second kappa shape index (κ2) is 13.4. The molecule has 0 bridgehead atoms. The highest BCUT2D eigenvalue weighted by atomic mass is 16.5. The van der Waals surface area contributed by atoms with Crippen LogP contribution in [0, 0.1) is 6.92 Å². The first kappa shape index (κ1) is 22.3. The highest BCUT2D eigenvalue weighted by Gasteiger charge is 2.04. The first-order valence-electron chi connectivity index (χ1n) is 9.43. The Bertz CT molecular complexity index is 535. The summed E-state index contributed by atoms with van der Waals surface area (Å²) in [4.78, 5) is 6.93. The van der Waals surface area contributed by atoms with Crippen LogP contribution >= 0.6 is 0 Å². The number of nitrogens with one attached hydrogen (secondary N) is 2. The second-order valence-corrected chi connectivity index (χ2v) is 6.40. The van der Waals surface area contributed by atoms with Crippen LogP contribution in [-0.2, 0) is 11.2 Å². The number of nitrogens with zero attached hydrogens (tertiary/aromatic N) is 2. The number of benzene rings is 1. The van der Waals surface area contributed by atoms with Gasteiger partial charge in [-0.25, -0.2) is 0 Å². The Morgan fingerprint density at radius 2 is 2.00 bits per heavy atom. The standard InChI is InChI=1S/C20H36N4O2/c1-6-21-20(22-11-7-13-24(3)14-15-25-4)23-12-10-18-16-17(2)8-9-19(18)26-5/h8-9,16H,6-7,10-15H2,1-5H3,(H2,21,22,23). The van der Waals surface area contributed by atoms with Crippen LogP contribution in [0.3, 0.4) is 0 Å². The molecule has 1 rings (SSSR count). The Balaban J connectivity index is 2.41. The van der Waals surface area contributed by atoms with Crippen molar-refractivity contribution in [3.8, 4) is 5.75 Å². The number of hydrogen-bond acceptors (Lipinski definition) is 4. The highest BCUT2D eigenvalue weighted by molar-refractivity contribution is 5.79. The van der Waals surface area contributed by atoms with E-state index in [1.54, 1.807) is 14.2 Å². The topological polar surface area (TPSA) is 58.1 Å². The molecule has 0 fully saturated rings. The molecule has 0 unspecified atom stereocenters. The molecule has 148 valence electrons. The van der Waals surface area contributed by atoms with Gasteiger partial charge in [0.05, 0.1) is 13.7 Å². The van der Waals surface area contributed by atoms with Crippen LogP contribution in [0.25, 0.3) is 0 Å². The maximum atomic E-state index is 5.45. The van der Waals surface area contributed by atoms with Crippen LogP contribution in [0.5, 0.6) is 5.75 Å². The summed E-state index contributed by atoms with van der Waals surface area (Å²) in [5, 5.41) is 6.72. The summed E-state index contributed by atoms with van der Waals surface area (Å²) in [6.07, 6.45) is 1.93. The van der Waals surface area contributed by atoms with Crippen molar-refractivity contribution in [3.63, 3.8) is 0 Å². The Kier molecular flexibility index (Phi) is 11.5. The second-order valence-electron chi connectivity index (χ2n) is 6.40. The van der Waals surface area contributed by atoms with Gasteiger partial charge in [-0.1, -0.05) is 17.7 Å². The van der Waals surface area contributed by atoms with E-state index in [1.807, 2.05) is 6.07 Å². The summed E-state index contributed by atoms with van der Waals surface area (Å²) in [6.45, 7) is 9.41. The molecule has 26 heavy (non-hydrogen) atoms. The van der Waals surface area contributed by atoms with E-state index in [0.717, 1.165) is 63.9 Å². The molecule has 0 spiro atoms. The van der Waals surface area contributed by atoms with Crippen LogP contribution in [0.1, 0.15) is 24.5 Å². The Morgan fingerprint density at radius 3 is 2.69 bits per heavy atom. The molecule has 0 atom stereocenters. The zero-order valence-corrected chi connectivity index (χ0v) is 17.1. The molecule has 1 aromatic rings. The van der Waals surface area contributed by atoms with Crippen molar-refractivity contribution in [2.24, 2.45) is 4.99 Å². The fraction of sp³-hybridized carbons (Fsp3) is 0.650. The molecule has 6 nitrogen and oxygen atoms in total. The maximum absolute atomic E-state index is 5.45. The van der Waals surface area contributed by atoms with Crippen LogP contribution < -0.4 is 15.4 Å². The SMILES string of the molecule is CCNC(=NCCCN(C)CCOC)NCCc1cc(C)ccc1OC. The third-order valence-electron chi connectivity index (χ3n) is 4.11. The summed E-state index contributed by atoms with van der Waals surface area (Å²) in [6, 6.07) is 6.29. The van der Waals surface area contributed by atoms with E-state index >= 15 is 0 Å². The zero-order valence-electron chi connectivity index (χ0n) is 17.1. The van der Waals surface area contributed by atoms with Gasteiger partial charge >= 0.3 is 0 Å². The number of ether oxygens (including phenoxy) is 2. The number of likely N-dealkylation sites (N-methyl/N-ethyl adjacent to an activating group) is 1. The summed E-state index contributed by atoms with van der Waals surface area (Å²) in [5.41, 5.74) is 2.47. The quantitative estimate of drug-likeness (QED) is 0.338. The average Bonchev–Trinajstić information content (AvgIpc) is 2.63. The number of guanidine groups is 1. The molecule has 2 N–H and O–H groups in total. The van der Waals surface area contributed by atoms with Crippen molar-refractivity contribution in [3.05, 3.63) is 29.3 Å². The molecule has 0 saturated heterocycles. The van der Waals surface area contributed by atoms with E-state index in [2.05, 4.69) is 53.6 Å².